The number of rotatable bonds is 11. The van der Waals surface area contributed by atoms with Crippen LogP contribution in [-0.4, -0.2) is 38.1 Å². The zero-order valence-corrected chi connectivity index (χ0v) is 20.3. The van der Waals surface area contributed by atoms with Gasteiger partial charge in [-0.05, 0) is 55.4 Å². The van der Waals surface area contributed by atoms with Gasteiger partial charge < -0.3 is 15.4 Å². The van der Waals surface area contributed by atoms with Crippen LogP contribution in [-0.2, 0) is 30.8 Å². The van der Waals surface area contributed by atoms with E-state index in [4.69, 9.17) is 17.0 Å². The van der Waals surface area contributed by atoms with Crippen LogP contribution < -0.4 is 15.4 Å². The number of hydrogen-bond acceptors (Lipinski definition) is 6. The number of ether oxygens (including phenoxy) is 1. The maximum atomic E-state index is 12.3. The van der Waals surface area contributed by atoms with Gasteiger partial charge in [-0.15, -0.1) is 0 Å². The van der Waals surface area contributed by atoms with Crippen LogP contribution in [0.5, 0.6) is 0 Å². The lowest BCUT2D eigenvalue weighted by Gasteiger charge is -2.13. The molecular formula is C23H29N3O5S2. The molecule has 0 radical (unpaired) electrons. The summed E-state index contributed by atoms with van der Waals surface area (Å²) < 4.78 is 32.3. The molecule has 0 aliphatic carbocycles. The summed E-state index contributed by atoms with van der Waals surface area (Å²) in [7, 11) is -3.60. The molecule has 1 unspecified atom stereocenters. The van der Waals surface area contributed by atoms with E-state index in [2.05, 4.69) is 15.4 Å². The molecule has 1 amide bonds. The second kappa shape index (κ2) is 13.0. The average Bonchev–Trinajstić information content (AvgIpc) is 2.78. The first-order valence-corrected chi connectivity index (χ1v) is 12.5. The summed E-state index contributed by atoms with van der Waals surface area (Å²) >= 11 is 5.11. The Kier molecular flexibility index (Phi) is 10.4. The van der Waals surface area contributed by atoms with Crippen LogP contribution in [0.3, 0.4) is 0 Å². The number of nitrogens with one attached hydrogen (secondary N) is 3. The number of sulfonamides is 1. The van der Waals surface area contributed by atoms with E-state index in [1.807, 2.05) is 37.3 Å². The number of benzene rings is 2. The number of amides is 1. The zero-order valence-electron chi connectivity index (χ0n) is 18.7. The number of hydrogen-bond donors (Lipinski definition) is 3. The van der Waals surface area contributed by atoms with Gasteiger partial charge in [0.1, 0.15) is 0 Å². The van der Waals surface area contributed by atoms with E-state index in [9.17, 15) is 18.0 Å². The van der Waals surface area contributed by atoms with E-state index in [0.29, 0.717) is 18.5 Å². The Bertz CT molecular complexity index is 1040. The number of esters is 1. The van der Waals surface area contributed by atoms with Crippen molar-refractivity contribution in [1.29, 1.82) is 0 Å². The Morgan fingerprint density at radius 3 is 2.33 bits per heavy atom. The van der Waals surface area contributed by atoms with E-state index < -0.39 is 21.9 Å². The highest BCUT2D eigenvalue weighted by Crippen LogP contribution is 2.15. The highest BCUT2D eigenvalue weighted by Gasteiger charge is 2.16. The van der Waals surface area contributed by atoms with Gasteiger partial charge in [-0.3, -0.25) is 9.59 Å². The molecule has 0 spiro atoms. The Morgan fingerprint density at radius 1 is 1.03 bits per heavy atom. The van der Waals surface area contributed by atoms with Gasteiger partial charge in [-0.25, -0.2) is 13.1 Å². The fourth-order valence-electron chi connectivity index (χ4n) is 2.70. The van der Waals surface area contributed by atoms with Crippen molar-refractivity contribution in [3.63, 3.8) is 0 Å². The predicted molar refractivity (Wildman–Crippen MR) is 131 cm³/mol. The second-order valence-electron chi connectivity index (χ2n) is 7.41. The van der Waals surface area contributed by atoms with E-state index >= 15 is 0 Å². The first-order chi connectivity index (χ1) is 15.7. The minimum Gasteiger partial charge on any atom is -0.465 e. The van der Waals surface area contributed by atoms with Gasteiger partial charge in [0.05, 0.1) is 17.9 Å². The lowest BCUT2D eigenvalue weighted by molar-refractivity contribution is -0.144. The topological polar surface area (TPSA) is 114 Å². The van der Waals surface area contributed by atoms with Crippen molar-refractivity contribution in [2.45, 2.75) is 50.5 Å². The van der Waals surface area contributed by atoms with Gasteiger partial charge in [0, 0.05) is 24.6 Å². The quantitative estimate of drug-likeness (QED) is 0.327. The molecule has 0 aliphatic heterocycles. The highest BCUT2D eigenvalue weighted by molar-refractivity contribution is 7.89. The summed E-state index contributed by atoms with van der Waals surface area (Å²) in [5.41, 5.74) is 1.58. The summed E-state index contributed by atoms with van der Waals surface area (Å²) in [6.45, 7) is 3.94. The van der Waals surface area contributed by atoms with Crippen molar-refractivity contribution in [2.75, 3.05) is 11.9 Å². The highest BCUT2D eigenvalue weighted by atomic mass is 32.2. The molecular weight excluding hydrogens is 462 g/mol. The minimum absolute atomic E-state index is 0.0470. The van der Waals surface area contributed by atoms with Crippen molar-refractivity contribution in [3.05, 3.63) is 60.2 Å². The average molecular weight is 492 g/mol. The maximum absolute atomic E-state index is 12.3. The fraction of sp³-hybridized carbons (Fsp3) is 0.348. The molecule has 8 nitrogen and oxygen atoms in total. The molecule has 1 atom stereocenters. The molecule has 33 heavy (non-hydrogen) atoms. The van der Waals surface area contributed by atoms with Crippen LogP contribution in [0.15, 0.2) is 59.5 Å². The molecule has 0 fully saturated rings. The van der Waals surface area contributed by atoms with Crippen LogP contribution in [0.2, 0.25) is 0 Å². The molecule has 0 saturated carbocycles. The van der Waals surface area contributed by atoms with E-state index in [-0.39, 0.29) is 35.5 Å². The summed E-state index contributed by atoms with van der Waals surface area (Å²) in [5, 5.41) is 5.35. The molecule has 3 N–H and O–H groups in total. The third-order valence-corrected chi connectivity index (χ3v) is 6.51. The minimum atomic E-state index is -3.60. The summed E-state index contributed by atoms with van der Waals surface area (Å²) in [6, 6.07) is 15.5. The molecule has 0 heterocycles. The Hall–Kier alpha value is -2.82. The Morgan fingerprint density at radius 2 is 1.70 bits per heavy atom. The van der Waals surface area contributed by atoms with Crippen LogP contribution >= 0.6 is 12.2 Å². The number of carbonyl (C=O) groups is 2. The molecule has 178 valence electrons. The van der Waals surface area contributed by atoms with Gasteiger partial charge in [0.25, 0.3) is 0 Å². The van der Waals surface area contributed by atoms with Gasteiger partial charge in [-0.2, -0.15) is 0 Å². The molecule has 0 saturated heterocycles. The van der Waals surface area contributed by atoms with Crippen LogP contribution in [0.25, 0.3) is 0 Å². The molecule has 10 heteroatoms. The van der Waals surface area contributed by atoms with Crippen LogP contribution in [0.4, 0.5) is 5.69 Å². The zero-order chi connectivity index (χ0) is 24.3. The number of anilines is 1. The van der Waals surface area contributed by atoms with Crippen LogP contribution in [0.1, 0.15) is 38.7 Å². The summed E-state index contributed by atoms with van der Waals surface area (Å²) in [4.78, 5) is 24.0. The maximum Gasteiger partial charge on any atom is 0.306 e. The van der Waals surface area contributed by atoms with E-state index in [1.54, 1.807) is 19.1 Å². The van der Waals surface area contributed by atoms with Crippen molar-refractivity contribution >= 4 is 44.9 Å². The summed E-state index contributed by atoms with van der Waals surface area (Å²) in [6.07, 6.45) is 1.17. The largest absolute Gasteiger partial charge is 0.465 e. The first kappa shape index (κ1) is 26.4. The third-order valence-electron chi connectivity index (χ3n) is 4.70. The molecule has 0 aromatic heterocycles. The third kappa shape index (κ3) is 9.68. The second-order valence-corrected chi connectivity index (χ2v) is 9.54. The Labute approximate surface area is 200 Å². The van der Waals surface area contributed by atoms with Gasteiger partial charge >= 0.3 is 5.97 Å². The molecule has 2 rings (SSSR count). The van der Waals surface area contributed by atoms with Crippen molar-refractivity contribution < 1.29 is 22.7 Å². The summed E-state index contributed by atoms with van der Waals surface area (Å²) in [5.74, 6) is -0.882. The molecule has 2 aromatic rings. The smallest absolute Gasteiger partial charge is 0.306 e. The van der Waals surface area contributed by atoms with E-state index in [1.165, 1.54) is 12.1 Å². The van der Waals surface area contributed by atoms with Crippen molar-refractivity contribution in [2.24, 2.45) is 0 Å². The number of carbonyl (C=O) groups excluding carboxylic acids is 2. The number of thiocarbonyl (C=S) groups is 1. The monoisotopic (exact) mass is 491 g/mol. The SMILES string of the molecule is CCC(C)NS(=O)(=O)c1ccc(NC(=S)NC(=O)CCC(=O)OCCc2ccccc2)cc1. The normalized spacial score (nSPS) is 11.9. The first-order valence-electron chi connectivity index (χ1n) is 10.6. The predicted octanol–water partition coefficient (Wildman–Crippen LogP) is 3.14. The standard InChI is InChI=1S/C23H29N3O5S2/c1-3-17(2)26-33(29,30)20-11-9-19(10-12-20)24-23(32)25-21(27)13-14-22(28)31-16-15-18-7-5-4-6-8-18/h4-12,17,26H,3,13-16H2,1-2H3,(H2,24,25,27,32). The van der Waals surface area contributed by atoms with Crippen LogP contribution in [0, 0.1) is 0 Å². The fourth-order valence-corrected chi connectivity index (χ4v) is 4.26. The lowest BCUT2D eigenvalue weighted by Crippen LogP contribution is -2.34. The van der Waals surface area contributed by atoms with Gasteiger partial charge in [0.15, 0.2) is 5.11 Å². The van der Waals surface area contributed by atoms with E-state index in [0.717, 1.165) is 5.56 Å². The van der Waals surface area contributed by atoms with Crippen molar-refractivity contribution in [3.8, 4) is 0 Å². The Balaban J connectivity index is 1.71. The van der Waals surface area contributed by atoms with Gasteiger partial charge in [-0.1, -0.05) is 37.3 Å². The molecule has 2 aromatic carbocycles. The molecule has 0 bridgehead atoms. The lowest BCUT2D eigenvalue weighted by atomic mass is 10.2. The van der Waals surface area contributed by atoms with Gasteiger partial charge in [0.2, 0.25) is 15.9 Å². The van der Waals surface area contributed by atoms with Crippen molar-refractivity contribution in [1.82, 2.24) is 10.0 Å². The molecule has 0 aliphatic rings.